The van der Waals surface area contributed by atoms with E-state index in [4.69, 9.17) is 4.74 Å². The number of aryl methyl sites for hydroxylation is 1. The van der Waals surface area contributed by atoms with Crippen LogP contribution in [0.25, 0.3) is 0 Å². The van der Waals surface area contributed by atoms with Crippen molar-refractivity contribution >= 4 is 5.69 Å². The van der Waals surface area contributed by atoms with Crippen molar-refractivity contribution in [2.24, 2.45) is 0 Å². The van der Waals surface area contributed by atoms with E-state index in [2.05, 4.69) is 49.9 Å². The second kappa shape index (κ2) is 5.91. The zero-order chi connectivity index (χ0) is 15.7. The van der Waals surface area contributed by atoms with Crippen LogP contribution in [0.5, 0.6) is 11.5 Å². The van der Waals surface area contributed by atoms with Crippen LogP contribution in [-0.4, -0.2) is 23.8 Å². The second-order valence-electron chi connectivity index (χ2n) is 6.33. The molecular weight excluding hydrogens is 274 g/mol. The monoisotopic (exact) mass is 297 g/mol. The van der Waals surface area contributed by atoms with Crippen LogP contribution in [0, 0.1) is 6.92 Å². The number of ether oxygens (including phenoxy) is 1. The van der Waals surface area contributed by atoms with E-state index in [-0.39, 0.29) is 11.9 Å². The standard InChI is InChI=1S/C19H23NO2/c1-13(2)20-12-17(10-15-6-4-5-14(3)9-15)22-19-11-16(21)7-8-18(19)20/h4-9,11,13,17,21H,10,12H2,1-3H3. The molecule has 0 fully saturated rings. The van der Waals surface area contributed by atoms with Gasteiger partial charge in [0.25, 0.3) is 0 Å². The molecule has 0 spiro atoms. The number of rotatable bonds is 3. The first-order valence-corrected chi connectivity index (χ1v) is 7.85. The van der Waals surface area contributed by atoms with Crippen LogP contribution < -0.4 is 9.64 Å². The van der Waals surface area contributed by atoms with E-state index in [1.807, 2.05) is 6.07 Å². The van der Waals surface area contributed by atoms with Gasteiger partial charge in [-0.2, -0.15) is 0 Å². The van der Waals surface area contributed by atoms with Gasteiger partial charge in [-0.25, -0.2) is 0 Å². The van der Waals surface area contributed by atoms with Crippen molar-refractivity contribution in [3.05, 3.63) is 53.6 Å². The molecule has 22 heavy (non-hydrogen) atoms. The van der Waals surface area contributed by atoms with Gasteiger partial charge in [-0.15, -0.1) is 0 Å². The predicted octanol–water partition coefficient (Wildman–Crippen LogP) is 3.92. The summed E-state index contributed by atoms with van der Waals surface area (Å²) in [4.78, 5) is 2.35. The molecule has 0 radical (unpaired) electrons. The highest BCUT2D eigenvalue weighted by Gasteiger charge is 2.27. The van der Waals surface area contributed by atoms with Gasteiger partial charge in [-0.1, -0.05) is 29.8 Å². The van der Waals surface area contributed by atoms with E-state index in [0.717, 1.165) is 24.4 Å². The van der Waals surface area contributed by atoms with Crippen molar-refractivity contribution in [3.63, 3.8) is 0 Å². The Morgan fingerprint density at radius 1 is 1.23 bits per heavy atom. The minimum atomic E-state index is 0.0958. The predicted molar refractivity (Wildman–Crippen MR) is 89.9 cm³/mol. The van der Waals surface area contributed by atoms with Crippen molar-refractivity contribution < 1.29 is 9.84 Å². The number of phenolic OH excluding ortho intramolecular Hbond substituents is 1. The highest BCUT2D eigenvalue weighted by atomic mass is 16.5. The molecule has 0 saturated heterocycles. The molecule has 1 N–H and O–H groups in total. The molecule has 3 rings (SSSR count). The summed E-state index contributed by atoms with van der Waals surface area (Å²) in [7, 11) is 0. The molecular formula is C19H23NO2. The molecule has 1 aliphatic rings. The molecule has 3 heteroatoms. The van der Waals surface area contributed by atoms with Gasteiger partial charge in [-0.3, -0.25) is 0 Å². The first kappa shape index (κ1) is 14.8. The van der Waals surface area contributed by atoms with E-state index >= 15 is 0 Å². The Hall–Kier alpha value is -2.16. The van der Waals surface area contributed by atoms with Crippen molar-refractivity contribution in [3.8, 4) is 11.5 Å². The molecule has 1 aliphatic heterocycles. The average molecular weight is 297 g/mol. The Morgan fingerprint density at radius 3 is 2.77 bits per heavy atom. The van der Waals surface area contributed by atoms with E-state index in [1.165, 1.54) is 11.1 Å². The molecule has 116 valence electrons. The largest absolute Gasteiger partial charge is 0.508 e. The molecule has 0 aliphatic carbocycles. The van der Waals surface area contributed by atoms with Crippen molar-refractivity contribution in [2.75, 3.05) is 11.4 Å². The summed E-state index contributed by atoms with van der Waals surface area (Å²) in [6.45, 7) is 7.35. The fraction of sp³-hybridized carbons (Fsp3) is 0.368. The van der Waals surface area contributed by atoms with E-state index in [9.17, 15) is 5.11 Å². The molecule has 2 aromatic rings. The molecule has 1 unspecified atom stereocenters. The molecule has 1 atom stereocenters. The van der Waals surface area contributed by atoms with Gasteiger partial charge in [0, 0.05) is 18.5 Å². The number of benzene rings is 2. The number of hydrogen-bond donors (Lipinski definition) is 1. The summed E-state index contributed by atoms with van der Waals surface area (Å²) in [5, 5.41) is 9.73. The first-order chi connectivity index (χ1) is 10.5. The Balaban J connectivity index is 1.86. The van der Waals surface area contributed by atoms with Gasteiger partial charge in [-0.05, 0) is 38.5 Å². The third-order valence-electron chi connectivity index (χ3n) is 4.12. The van der Waals surface area contributed by atoms with E-state index in [0.29, 0.717) is 6.04 Å². The highest BCUT2D eigenvalue weighted by molar-refractivity contribution is 5.63. The van der Waals surface area contributed by atoms with Crippen molar-refractivity contribution in [1.82, 2.24) is 0 Å². The summed E-state index contributed by atoms with van der Waals surface area (Å²) >= 11 is 0. The molecule has 0 amide bonds. The lowest BCUT2D eigenvalue weighted by Crippen LogP contribution is -2.44. The first-order valence-electron chi connectivity index (χ1n) is 7.85. The van der Waals surface area contributed by atoms with Gasteiger partial charge in [0.2, 0.25) is 0 Å². The normalized spacial score (nSPS) is 17.3. The number of nitrogens with zero attached hydrogens (tertiary/aromatic N) is 1. The lowest BCUT2D eigenvalue weighted by molar-refractivity contribution is 0.190. The summed E-state index contributed by atoms with van der Waals surface area (Å²) in [6.07, 6.45) is 0.971. The molecule has 0 saturated carbocycles. The third-order valence-corrected chi connectivity index (χ3v) is 4.12. The molecule has 2 aromatic carbocycles. The number of anilines is 1. The number of aromatic hydroxyl groups is 1. The smallest absolute Gasteiger partial charge is 0.146 e. The maximum Gasteiger partial charge on any atom is 0.146 e. The number of fused-ring (bicyclic) bond motifs is 1. The van der Waals surface area contributed by atoms with Crippen molar-refractivity contribution in [2.45, 2.75) is 39.3 Å². The van der Waals surface area contributed by atoms with Gasteiger partial charge < -0.3 is 14.7 Å². The SMILES string of the molecule is Cc1cccc(CC2CN(C(C)C)c3ccc(O)cc3O2)c1. The van der Waals surface area contributed by atoms with E-state index in [1.54, 1.807) is 12.1 Å². The molecule has 0 bridgehead atoms. The van der Waals surface area contributed by atoms with Crippen LogP contribution in [-0.2, 0) is 6.42 Å². The lowest BCUT2D eigenvalue weighted by atomic mass is 10.0. The Labute approximate surface area is 132 Å². The number of hydrogen-bond acceptors (Lipinski definition) is 3. The molecule has 1 heterocycles. The van der Waals surface area contributed by atoms with Gasteiger partial charge in [0.1, 0.15) is 17.6 Å². The zero-order valence-electron chi connectivity index (χ0n) is 13.4. The summed E-state index contributed by atoms with van der Waals surface area (Å²) in [5.41, 5.74) is 3.62. The van der Waals surface area contributed by atoms with Gasteiger partial charge in [0.15, 0.2) is 0 Å². The highest BCUT2D eigenvalue weighted by Crippen LogP contribution is 2.37. The Morgan fingerprint density at radius 2 is 2.05 bits per heavy atom. The third kappa shape index (κ3) is 3.03. The second-order valence-corrected chi connectivity index (χ2v) is 6.33. The summed E-state index contributed by atoms with van der Waals surface area (Å²) < 4.78 is 6.14. The topological polar surface area (TPSA) is 32.7 Å². The van der Waals surface area contributed by atoms with Crippen LogP contribution in [0.1, 0.15) is 25.0 Å². The van der Waals surface area contributed by atoms with E-state index < -0.39 is 0 Å². The minimum Gasteiger partial charge on any atom is -0.508 e. The van der Waals surface area contributed by atoms with Crippen LogP contribution in [0.15, 0.2) is 42.5 Å². The summed E-state index contributed by atoms with van der Waals surface area (Å²) in [5.74, 6) is 1.02. The van der Waals surface area contributed by atoms with Crippen LogP contribution in [0.4, 0.5) is 5.69 Å². The summed E-state index contributed by atoms with van der Waals surface area (Å²) in [6, 6.07) is 14.3. The van der Waals surface area contributed by atoms with Gasteiger partial charge >= 0.3 is 0 Å². The maximum atomic E-state index is 9.73. The lowest BCUT2D eigenvalue weighted by Gasteiger charge is -2.39. The average Bonchev–Trinajstić information content (AvgIpc) is 2.46. The fourth-order valence-electron chi connectivity index (χ4n) is 3.07. The minimum absolute atomic E-state index is 0.0958. The van der Waals surface area contributed by atoms with Crippen LogP contribution in [0.3, 0.4) is 0 Å². The molecule has 0 aromatic heterocycles. The Bertz CT molecular complexity index is 666. The van der Waals surface area contributed by atoms with Crippen LogP contribution >= 0.6 is 0 Å². The molecule has 3 nitrogen and oxygen atoms in total. The fourth-order valence-corrected chi connectivity index (χ4v) is 3.07. The zero-order valence-corrected chi connectivity index (χ0v) is 13.4. The van der Waals surface area contributed by atoms with Gasteiger partial charge in [0.05, 0.1) is 12.2 Å². The Kier molecular flexibility index (Phi) is 3.97. The number of phenols is 1. The van der Waals surface area contributed by atoms with Crippen molar-refractivity contribution in [1.29, 1.82) is 0 Å². The maximum absolute atomic E-state index is 9.73. The van der Waals surface area contributed by atoms with Crippen LogP contribution in [0.2, 0.25) is 0 Å². The quantitative estimate of drug-likeness (QED) is 0.932.